The number of rotatable bonds is 3. The highest BCUT2D eigenvalue weighted by atomic mass is 35.5. The molecule has 4 aromatic carbocycles. The zero-order valence-electron chi connectivity index (χ0n) is 17.1. The van der Waals surface area contributed by atoms with Gasteiger partial charge in [-0.25, -0.2) is 0 Å². The molecule has 0 aliphatic carbocycles. The number of fused-ring (bicyclic) bond motifs is 1. The van der Waals surface area contributed by atoms with Crippen molar-refractivity contribution in [3.05, 3.63) is 113 Å². The summed E-state index contributed by atoms with van der Waals surface area (Å²) < 4.78 is 0. The first-order chi connectivity index (χ1) is 15.6. The Kier molecular flexibility index (Phi) is 5.21. The molecule has 1 heterocycles. The van der Waals surface area contributed by atoms with Crippen molar-refractivity contribution in [2.45, 2.75) is 0 Å². The maximum atomic E-state index is 13.2. The van der Waals surface area contributed by atoms with Crippen molar-refractivity contribution in [2.75, 3.05) is 11.4 Å². The highest BCUT2D eigenvalue weighted by Crippen LogP contribution is 2.35. The number of hydrogen-bond acceptors (Lipinski definition) is 3. The minimum Gasteiger partial charge on any atom is -0.508 e. The van der Waals surface area contributed by atoms with E-state index in [4.69, 9.17) is 11.6 Å². The molecule has 1 N–H and O–H groups in total. The van der Waals surface area contributed by atoms with Crippen molar-refractivity contribution in [1.82, 2.24) is 0 Å². The van der Waals surface area contributed by atoms with Crippen molar-refractivity contribution in [2.24, 2.45) is 4.99 Å². The number of aliphatic imine (C=N–C) groups is 1. The Morgan fingerprint density at radius 3 is 2.16 bits per heavy atom. The highest BCUT2D eigenvalue weighted by Gasteiger charge is 2.26. The van der Waals surface area contributed by atoms with Gasteiger partial charge in [0.15, 0.2) is 0 Å². The Bertz CT molecular complexity index is 1310. The number of anilines is 2. The SMILES string of the molecule is O=C1CN=C(c2ccc(O)cc2)c2cc(Cl)ccc2N1c1ccc(-c2ccccc2)cc1. The molecule has 0 bridgehead atoms. The molecule has 1 amide bonds. The predicted octanol–water partition coefficient (Wildman–Crippen LogP) is 6.23. The molecule has 0 unspecified atom stereocenters. The van der Waals surface area contributed by atoms with Crippen LogP contribution in [-0.2, 0) is 4.79 Å². The summed E-state index contributed by atoms with van der Waals surface area (Å²) in [6.07, 6.45) is 0. The van der Waals surface area contributed by atoms with Gasteiger partial charge in [0.1, 0.15) is 12.3 Å². The molecule has 4 aromatic rings. The van der Waals surface area contributed by atoms with Crippen molar-refractivity contribution in [3.63, 3.8) is 0 Å². The van der Waals surface area contributed by atoms with Crippen LogP contribution < -0.4 is 4.90 Å². The molecule has 0 saturated heterocycles. The summed E-state index contributed by atoms with van der Waals surface area (Å²) in [6, 6.07) is 30.3. The number of phenolic OH excluding ortho intramolecular Hbond substituents is 1. The maximum absolute atomic E-state index is 13.2. The van der Waals surface area contributed by atoms with Gasteiger partial charge < -0.3 is 5.11 Å². The average molecular weight is 439 g/mol. The van der Waals surface area contributed by atoms with E-state index in [-0.39, 0.29) is 18.2 Å². The monoisotopic (exact) mass is 438 g/mol. The standard InChI is InChI=1S/C27H19ClN2O2/c28-21-10-15-25-24(16-21)27(20-8-13-23(31)14-9-20)29-17-26(32)30(25)22-11-6-19(7-12-22)18-4-2-1-3-5-18/h1-16,31H,17H2. The molecule has 1 aliphatic rings. The third-order valence-corrected chi connectivity index (χ3v) is 5.68. The average Bonchev–Trinajstić information content (AvgIpc) is 2.96. The number of benzodiazepines with no additional fused rings is 1. The van der Waals surface area contributed by atoms with Crippen molar-refractivity contribution < 1.29 is 9.90 Å². The third-order valence-electron chi connectivity index (χ3n) is 5.45. The molecule has 5 rings (SSSR count). The second kappa shape index (κ2) is 8.33. The molecule has 0 aromatic heterocycles. The Balaban J connectivity index is 1.60. The number of carbonyl (C=O) groups excluding carboxylic acids is 1. The number of halogens is 1. The van der Waals surface area contributed by atoms with Crippen LogP contribution >= 0.6 is 11.6 Å². The van der Waals surface area contributed by atoms with Crippen LogP contribution in [0.25, 0.3) is 11.1 Å². The molecule has 4 nitrogen and oxygen atoms in total. The number of benzene rings is 4. The number of phenols is 1. The Morgan fingerprint density at radius 1 is 0.781 bits per heavy atom. The molecule has 156 valence electrons. The predicted molar refractivity (Wildman–Crippen MR) is 129 cm³/mol. The van der Waals surface area contributed by atoms with Crippen LogP contribution in [0.5, 0.6) is 5.75 Å². The number of aromatic hydroxyl groups is 1. The van der Waals surface area contributed by atoms with E-state index in [0.29, 0.717) is 10.7 Å². The fourth-order valence-corrected chi connectivity index (χ4v) is 4.08. The van der Waals surface area contributed by atoms with Gasteiger partial charge in [-0.3, -0.25) is 14.7 Å². The smallest absolute Gasteiger partial charge is 0.253 e. The lowest BCUT2D eigenvalue weighted by Crippen LogP contribution is -2.27. The maximum Gasteiger partial charge on any atom is 0.253 e. The van der Waals surface area contributed by atoms with E-state index in [0.717, 1.165) is 33.6 Å². The number of hydrogen-bond donors (Lipinski definition) is 1. The first-order valence-electron chi connectivity index (χ1n) is 10.2. The van der Waals surface area contributed by atoms with E-state index in [9.17, 15) is 9.90 Å². The van der Waals surface area contributed by atoms with Crippen LogP contribution in [0.2, 0.25) is 5.02 Å². The largest absolute Gasteiger partial charge is 0.508 e. The van der Waals surface area contributed by atoms with E-state index in [1.807, 2.05) is 54.6 Å². The van der Waals surface area contributed by atoms with Crippen LogP contribution in [0.3, 0.4) is 0 Å². The molecule has 0 saturated carbocycles. The van der Waals surface area contributed by atoms with E-state index >= 15 is 0 Å². The lowest BCUT2D eigenvalue weighted by molar-refractivity contribution is -0.116. The summed E-state index contributed by atoms with van der Waals surface area (Å²) in [5.74, 6) is 0.0420. The summed E-state index contributed by atoms with van der Waals surface area (Å²) in [5, 5.41) is 10.2. The number of amides is 1. The van der Waals surface area contributed by atoms with Crippen LogP contribution in [0, 0.1) is 0 Å². The molecular weight excluding hydrogens is 420 g/mol. The van der Waals surface area contributed by atoms with Gasteiger partial charge in [-0.05, 0) is 65.7 Å². The van der Waals surface area contributed by atoms with Crippen molar-refractivity contribution >= 4 is 34.6 Å². The van der Waals surface area contributed by atoms with E-state index in [1.165, 1.54) is 0 Å². The molecule has 0 spiro atoms. The van der Waals surface area contributed by atoms with Crippen LogP contribution in [0.1, 0.15) is 11.1 Å². The Morgan fingerprint density at radius 2 is 1.44 bits per heavy atom. The zero-order valence-corrected chi connectivity index (χ0v) is 17.8. The summed E-state index contributed by atoms with van der Waals surface area (Å²) in [7, 11) is 0. The van der Waals surface area contributed by atoms with Crippen molar-refractivity contribution in [1.29, 1.82) is 0 Å². The van der Waals surface area contributed by atoms with Gasteiger partial charge >= 0.3 is 0 Å². The van der Waals surface area contributed by atoms with Gasteiger partial charge in [-0.1, -0.05) is 54.1 Å². The van der Waals surface area contributed by atoms with E-state index in [2.05, 4.69) is 17.1 Å². The highest BCUT2D eigenvalue weighted by molar-refractivity contribution is 6.32. The van der Waals surface area contributed by atoms with Crippen LogP contribution in [-0.4, -0.2) is 23.3 Å². The lowest BCUT2D eigenvalue weighted by atomic mass is 9.99. The van der Waals surface area contributed by atoms with Gasteiger partial charge in [-0.15, -0.1) is 0 Å². The Labute approximate surface area is 191 Å². The van der Waals surface area contributed by atoms with Gasteiger partial charge in [0, 0.05) is 21.8 Å². The minimum atomic E-state index is -0.130. The Hall–Kier alpha value is -3.89. The zero-order chi connectivity index (χ0) is 22.1. The van der Waals surface area contributed by atoms with Gasteiger partial charge in [-0.2, -0.15) is 0 Å². The summed E-state index contributed by atoms with van der Waals surface area (Å²) in [6.45, 7) is 0.00292. The molecule has 32 heavy (non-hydrogen) atoms. The summed E-state index contributed by atoms with van der Waals surface area (Å²) >= 11 is 6.33. The first-order valence-corrected chi connectivity index (χ1v) is 10.6. The summed E-state index contributed by atoms with van der Waals surface area (Å²) in [5.41, 5.74) is 5.91. The van der Waals surface area contributed by atoms with Gasteiger partial charge in [0.05, 0.1) is 11.4 Å². The fourth-order valence-electron chi connectivity index (χ4n) is 3.91. The number of nitrogens with zero attached hydrogens (tertiary/aromatic N) is 2. The second-order valence-corrected chi connectivity index (χ2v) is 7.95. The van der Waals surface area contributed by atoms with E-state index in [1.54, 1.807) is 35.2 Å². The van der Waals surface area contributed by atoms with Gasteiger partial charge in [0.2, 0.25) is 0 Å². The van der Waals surface area contributed by atoms with Crippen LogP contribution in [0.15, 0.2) is 102 Å². The van der Waals surface area contributed by atoms with Crippen LogP contribution in [0.4, 0.5) is 11.4 Å². The van der Waals surface area contributed by atoms with Crippen molar-refractivity contribution in [3.8, 4) is 16.9 Å². The molecule has 0 fully saturated rings. The summed E-state index contributed by atoms with van der Waals surface area (Å²) in [4.78, 5) is 19.5. The molecule has 0 atom stereocenters. The molecule has 0 radical (unpaired) electrons. The molecule has 5 heteroatoms. The first kappa shape index (κ1) is 20.0. The number of carbonyl (C=O) groups is 1. The van der Waals surface area contributed by atoms with Gasteiger partial charge in [0.25, 0.3) is 5.91 Å². The normalized spacial score (nSPS) is 13.3. The molecule has 1 aliphatic heterocycles. The second-order valence-electron chi connectivity index (χ2n) is 7.52. The quantitative estimate of drug-likeness (QED) is 0.412. The fraction of sp³-hybridized carbons (Fsp3) is 0.0370. The minimum absolute atomic E-state index is 0.00292. The lowest BCUT2D eigenvalue weighted by Gasteiger charge is -2.23. The third kappa shape index (κ3) is 3.77. The molecular formula is C27H19ClN2O2. The topological polar surface area (TPSA) is 52.9 Å². The van der Waals surface area contributed by atoms with E-state index < -0.39 is 0 Å².